The Morgan fingerprint density at radius 3 is 2.55 bits per heavy atom. The summed E-state index contributed by atoms with van der Waals surface area (Å²) in [7, 11) is 0. The van der Waals surface area contributed by atoms with Gasteiger partial charge in [0.15, 0.2) is 0 Å². The van der Waals surface area contributed by atoms with Crippen molar-refractivity contribution < 1.29 is 9.18 Å². The number of nitrogens with one attached hydrogen (secondary N) is 1. The minimum Gasteiger partial charge on any atom is -0.346 e. The molecule has 2 nitrogen and oxygen atoms in total. The van der Waals surface area contributed by atoms with Crippen LogP contribution < -0.4 is 5.32 Å². The van der Waals surface area contributed by atoms with Crippen molar-refractivity contribution in [1.82, 2.24) is 5.32 Å². The van der Waals surface area contributed by atoms with E-state index in [1.165, 1.54) is 12.1 Å². The maximum absolute atomic E-state index is 13.2. The maximum Gasteiger partial charge on any atom is 0.251 e. The molecule has 0 aliphatic rings. The standard InChI is InChI=1S/C16H15BrFNO/c1-11(14-3-2-4-15(18)9-14)19-16(20)13-7-5-12(10-17)6-8-13/h2-9,11H,10H2,1H3,(H,19,20). The quantitative estimate of drug-likeness (QED) is 0.833. The molecule has 0 aromatic heterocycles. The van der Waals surface area contributed by atoms with Gasteiger partial charge < -0.3 is 5.32 Å². The molecule has 0 saturated heterocycles. The van der Waals surface area contributed by atoms with Gasteiger partial charge in [-0.15, -0.1) is 0 Å². The average molecular weight is 336 g/mol. The number of benzene rings is 2. The normalized spacial score (nSPS) is 11.9. The van der Waals surface area contributed by atoms with Gasteiger partial charge in [-0.3, -0.25) is 4.79 Å². The van der Waals surface area contributed by atoms with Crippen LogP contribution in [0, 0.1) is 5.82 Å². The summed E-state index contributed by atoms with van der Waals surface area (Å²) in [5.74, 6) is -0.465. The van der Waals surface area contributed by atoms with Crippen LogP contribution in [0.1, 0.15) is 34.5 Å². The zero-order valence-electron chi connectivity index (χ0n) is 11.1. The van der Waals surface area contributed by atoms with Gasteiger partial charge in [0.25, 0.3) is 5.91 Å². The van der Waals surface area contributed by atoms with E-state index in [1.807, 2.05) is 19.1 Å². The molecular weight excluding hydrogens is 321 g/mol. The van der Waals surface area contributed by atoms with Crippen molar-refractivity contribution in [3.63, 3.8) is 0 Å². The molecule has 104 valence electrons. The van der Waals surface area contributed by atoms with Crippen molar-refractivity contribution in [2.75, 3.05) is 0 Å². The highest BCUT2D eigenvalue weighted by Gasteiger charge is 2.11. The second-order valence-corrected chi connectivity index (χ2v) is 5.14. The SMILES string of the molecule is CC(NC(=O)c1ccc(CBr)cc1)c1cccc(F)c1. The van der Waals surface area contributed by atoms with E-state index < -0.39 is 0 Å². The topological polar surface area (TPSA) is 29.1 Å². The molecule has 2 aromatic carbocycles. The van der Waals surface area contributed by atoms with E-state index in [0.717, 1.165) is 16.5 Å². The van der Waals surface area contributed by atoms with E-state index in [1.54, 1.807) is 24.3 Å². The first-order valence-electron chi connectivity index (χ1n) is 6.31. The molecule has 0 saturated carbocycles. The van der Waals surface area contributed by atoms with Crippen LogP contribution >= 0.6 is 15.9 Å². The van der Waals surface area contributed by atoms with Gasteiger partial charge in [0.1, 0.15) is 5.82 Å². The summed E-state index contributed by atoms with van der Waals surface area (Å²) in [6.45, 7) is 1.83. The van der Waals surface area contributed by atoms with Crippen LogP contribution in [0.15, 0.2) is 48.5 Å². The molecular formula is C16H15BrFNO. The Morgan fingerprint density at radius 2 is 1.95 bits per heavy atom. The molecule has 2 aromatic rings. The number of hydrogen-bond donors (Lipinski definition) is 1. The molecule has 0 aliphatic carbocycles. The number of carbonyl (C=O) groups is 1. The van der Waals surface area contributed by atoms with Crippen LogP contribution in [0.2, 0.25) is 0 Å². The molecule has 1 unspecified atom stereocenters. The summed E-state index contributed by atoms with van der Waals surface area (Å²) in [6, 6.07) is 13.4. The molecule has 4 heteroatoms. The molecule has 1 N–H and O–H groups in total. The zero-order chi connectivity index (χ0) is 14.5. The van der Waals surface area contributed by atoms with Crippen molar-refractivity contribution in [1.29, 1.82) is 0 Å². The van der Waals surface area contributed by atoms with Crippen LogP contribution in [0.25, 0.3) is 0 Å². The Morgan fingerprint density at radius 1 is 1.25 bits per heavy atom. The molecule has 20 heavy (non-hydrogen) atoms. The van der Waals surface area contributed by atoms with Gasteiger partial charge in [-0.05, 0) is 42.3 Å². The van der Waals surface area contributed by atoms with Crippen LogP contribution in [0.4, 0.5) is 4.39 Å². The Hall–Kier alpha value is -1.68. The van der Waals surface area contributed by atoms with E-state index in [2.05, 4.69) is 21.2 Å². The summed E-state index contributed by atoms with van der Waals surface area (Å²) < 4.78 is 13.2. The predicted molar refractivity (Wildman–Crippen MR) is 81.4 cm³/mol. The molecule has 0 bridgehead atoms. The fourth-order valence-corrected chi connectivity index (χ4v) is 2.26. The van der Waals surface area contributed by atoms with Crippen LogP contribution in [0.3, 0.4) is 0 Å². The molecule has 1 atom stereocenters. The first-order chi connectivity index (χ1) is 9.60. The van der Waals surface area contributed by atoms with Crippen molar-refractivity contribution >= 4 is 21.8 Å². The third-order valence-corrected chi connectivity index (χ3v) is 3.71. The number of halogens is 2. The van der Waals surface area contributed by atoms with Gasteiger partial charge in [-0.2, -0.15) is 0 Å². The smallest absolute Gasteiger partial charge is 0.251 e. The number of amides is 1. The van der Waals surface area contributed by atoms with Gasteiger partial charge >= 0.3 is 0 Å². The Balaban J connectivity index is 2.06. The minimum absolute atomic E-state index is 0.164. The van der Waals surface area contributed by atoms with Gasteiger partial charge in [-0.25, -0.2) is 4.39 Å². The van der Waals surface area contributed by atoms with E-state index in [-0.39, 0.29) is 17.8 Å². The fourth-order valence-electron chi connectivity index (χ4n) is 1.88. The third-order valence-electron chi connectivity index (χ3n) is 3.07. The molecule has 1 amide bonds. The highest BCUT2D eigenvalue weighted by molar-refractivity contribution is 9.08. The lowest BCUT2D eigenvalue weighted by Gasteiger charge is -2.14. The molecule has 0 aliphatic heterocycles. The lowest BCUT2D eigenvalue weighted by atomic mass is 10.1. The summed E-state index contributed by atoms with van der Waals surface area (Å²) in [6.07, 6.45) is 0. The van der Waals surface area contributed by atoms with E-state index >= 15 is 0 Å². The lowest BCUT2D eigenvalue weighted by molar-refractivity contribution is 0.0940. The highest BCUT2D eigenvalue weighted by atomic mass is 79.9. The minimum atomic E-state index is -0.301. The number of rotatable bonds is 4. The zero-order valence-corrected chi connectivity index (χ0v) is 12.7. The first kappa shape index (κ1) is 14.7. The average Bonchev–Trinajstić information content (AvgIpc) is 2.47. The van der Waals surface area contributed by atoms with E-state index in [4.69, 9.17) is 0 Å². The molecule has 0 fully saturated rings. The van der Waals surface area contributed by atoms with E-state index in [0.29, 0.717) is 5.56 Å². The van der Waals surface area contributed by atoms with Gasteiger partial charge in [-0.1, -0.05) is 40.2 Å². The molecule has 2 rings (SSSR count). The Labute approximate surface area is 126 Å². The lowest BCUT2D eigenvalue weighted by Crippen LogP contribution is -2.26. The number of carbonyl (C=O) groups excluding carboxylic acids is 1. The largest absolute Gasteiger partial charge is 0.346 e. The van der Waals surface area contributed by atoms with Gasteiger partial charge in [0.2, 0.25) is 0 Å². The van der Waals surface area contributed by atoms with Crippen LogP contribution in [-0.4, -0.2) is 5.91 Å². The van der Waals surface area contributed by atoms with E-state index in [9.17, 15) is 9.18 Å². The van der Waals surface area contributed by atoms with Crippen molar-refractivity contribution in [2.24, 2.45) is 0 Å². The molecule has 0 heterocycles. The van der Waals surface area contributed by atoms with Crippen molar-refractivity contribution in [3.05, 3.63) is 71.0 Å². The monoisotopic (exact) mass is 335 g/mol. The molecule has 0 spiro atoms. The second-order valence-electron chi connectivity index (χ2n) is 4.58. The number of alkyl halides is 1. The van der Waals surface area contributed by atoms with Gasteiger partial charge in [0, 0.05) is 10.9 Å². The maximum atomic E-state index is 13.2. The van der Waals surface area contributed by atoms with Crippen LogP contribution in [-0.2, 0) is 5.33 Å². The Kier molecular flexibility index (Phi) is 4.90. The summed E-state index contributed by atoms with van der Waals surface area (Å²) in [5, 5.41) is 3.62. The van der Waals surface area contributed by atoms with Gasteiger partial charge in [0.05, 0.1) is 6.04 Å². The predicted octanol–water partition coefficient (Wildman–Crippen LogP) is 4.21. The van der Waals surface area contributed by atoms with Crippen LogP contribution in [0.5, 0.6) is 0 Å². The van der Waals surface area contributed by atoms with Crippen molar-refractivity contribution in [3.8, 4) is 0 Å². The fraction of sp³-hybridized carbons (Fsp3) is 0.188. The Bertz CT molecular complexity index is 598. The molecule has 0 radical (unpaired) electrons. The van der Waals surface area contributed by atoms with Crippen molar-refractivity contribution in [2.45, 2.75) is 18.3 Å². The second kappa shape index (κ2) is 6.66. The first-order valence-corrected chi connectivity index (χ1v) is 7.43. The number of hydrogen-bond acceptors (Lipinski definition) is 1. The summed E-state index contributed by atoms with van der Waals surface area (Å²) >= 11 is 3.36. The summed E-state index contributed by atoms with van der Waals surface area (Å²) in [4.78, 5) is 12.1. The summed E-state index contributed by atoms with van der Waals surface area (Å²) in [5.41, 5.74) is 2.45. The highest BCUT2D eigenvalue weighted by Crippen LogP contribution is 2.15. The third kappa shape index (κ3) is 3.67.